The molecule has 3 N–H and O–H groups in total. The second-order valence-electron chi connectivity index (χ2n) is 11.4. The van der Waals surface area contributed by atoms with Crippen LogP contribution in [0.25, 0.3) is 11.0 Å². The Morgan fingerprint density at radius 3 is 2.33 bits per heavy atom. The summed E-state index contributed by atoms with van der Waals surface area (Å²) < 4.78 is 42.2. The lowest BCUT2D eigenvalue weighted by atomic mass is 9.93. The van der Waals surface area contributed by atoms with E-state index in [1.165, 1.54) is 6.20 Å². The van der Waals surface area contributed by atoms with Crippen molar-refractivity contribution in [2.45, 2.75) is 88.6 Å². The van der Waals surface area contributed by atoms with E-state index in [9.17, 15) is 23.1 Å². The summed E-state index contributed by atoms with van der Waals surface area (Å²) in [6.07, 6.45) is 5.62. The van der Waals surface area contributed by atoms with Crippen LogP contribution in [0, 0.1) is 0 Å². The first-order chi connectivity index (χ1) is 19.3. The fraction of sp³-hybridized carbons (Fsp3) is 0.714. The number of halogens is 3. The monoisotopic (exact) mass is 563 g/mol. The molecule has 1 aliphatic carbocycles. The van der Waals surface area contributed by atoms with Crippen molar-refractivity contribution in [2.75, 3.05) is 44.2 Å². The van der Waals surface area contributed by atoms with Crippen molar-refractivity contribution in [2.24, 2.45) is 0 Å². The summed E-state index contributed by atoms with van der Waals surface area (Å²) in [7, 11) is 0. The number of pyridine rings is 1. The number of rotatable bonds is 7. The van der Waals surface area contributed by atoms with E-state index in [0.717, 1.165) is 96.5 Å². The van der Waals surface area contributed by atoms with Gasteiger partial charge in [-0.25, -0.2) is 15.0 Å². The minimum atomic E-state index is -4.64. The lowest BCUT2D eigenvalue weighted by Gasteiger charge is -2.33. The summed E-state index contributed by atoms with van der Waals surface area (Å²) in [5, 5.41) is 16.1. The maximum absolute atomic E-state index is 14.1. The highest BCUT2D eigenvalue weighted by molar-refractivity contribution is 5.93. The molecule has 9 nitrogen and oxygen atoms in total. The smallest absolute Gasteiger partial charge is 0.393 e. The summed E-state index contributed by atoms with van der Waals surface area (Å²) >= 11 is 0. The molecule has 0 unspecified atom stereocenters. The number of carbonyl (C=O) groups is 1. The second kappa shape index (κ2) is 12.9. The fourth-order valence-electron chi connectivity index (χ4n) is 6.05. The minimum absolute atomic E-state index is 0.0388. The predicted molar refractivity (Wildman–Crippen MR) is 146 cm³/mol. The number of likely N-dealkylation sites (tertiary alicyclic amines) is 1. The molecule has 4 heterocycles. The third kappa shape index (κ3) is 7.38. The number of aliphatic hydroxyl groups is 1. The Balaban J connectivity index is 1.18. The third-order valence-corrected chi connectivity index (χ3v) is 8.45. The topological polar surface area (TPSA) is 107 Å². The number of nitrogens with one attached hydrogen (secondary N) is 2. The van der Waals surface area contributed by atoms with Crippen LogP contribution in [-0.2, 0) is 6.18 Å². The SMILES string of the molecule is O=C(NC1CCN(CCNC2CCC(O)CC2)CC1)c1ncc2nc(N3CCCCCC3)cc(C(F)(F)F)c2n1. The van der Waals surface area contributed by atoms with Crippen molar-refractivity contribution in [1.29, 1.82) is 0 Å². The predicted octanol–water partition coefficient (Wildman–Crippen LogP) is 3.51. The minimum Gasteiger partial charge on any atom is -0.393 e. The van der Waals surface area contributed by atoms with Crippen molar-refractivity contribution < 1.29 is 23.1 Å². The highest BCUT2D eigenvalue weighted by Crippen LogP contribution is 2.36. The Kier molecular flexibility index (Phi) is 9.37. The molecule has 40 heavy (non-hydrogen) atoms. The van der Waals surface area contributed by atoms with Gasteiger partial charge in [0.05, 0.1) is 17.9 Å². The van der Waals surface area contributed by atoms with Crippen molar-refractivity contribution in [3.63, 3.8) is 0 Å². The summed E-state index contributed by atoms with van der Waals surface area (Å²) in [5.74, 6) is -0.556. The number of aromatic nitrogens is 3. The first-order valence-electron chi connectivity index (χ1n) is 14.7. The highest BCUT2D eigenvalue weighted by Gasteiger charge is 2.35. The van der Waals surface area contributed by atoms with Gasteiger partial charge in [-0.05, 0) is 57.4 Å². The Morgan fingerprint density at radius 1 is 0.950 bits per heavy atom. The van der Waals surface area contributed by atoms with Gasteiger partial charge in [-0.15, -0.1) is 0 Å². The number of hydrogen-bond acceptors (Lipinski definition) is 8. The van der Waals surface area contributed by atoms with Gasteiger partial charge in [0.2, 0.25) is 5.82 Å². The first kappa shape index (κ1) is 28.9. The number of aliphatic hydroxyl groups excluding tert-OH is 1. The van der Waals surface area contributed by atoms with Crippen molar-refractivity contribution in [1.82, 2.24) is 30.5 Å². The summed E-state index contributed by atoms with van der Waals surface area (Å²) in [6, 6.07) is 1.45. The number of hydrogen-bond donors (Lipinski definition) is 3. The molecule has 0 aromatic carbocycles. The molecule has 5 rings (SSSR count). The number of anilines is 1. The van der Waals surface area contributed by atoms with E-state index >= 15 is 0 Å². The van der Waals surface area contributed by atoms with Crippen LogP contribution in [0.5, 0.6) is 0 Å². The molecule has 3 aliphatic rings. The normalized spacial score (nSPS) is 23.8. The number of piperidine rings is 1. The molecule has 2 saturated heterocycles. The van der Waals surface area contributed by atoms with E-state index in [0.29, 0.717) is 19.1 Å². The molecule has 2 aliphatic heterocycles. The second-order valence-corrected chi connectivity index (χ2v) is 11.4. The van der Waals surface area contributed by atoms with Crippen molar-refractivity contribution in [3.05, 3.63) is 23.7 Å². The summed E-state index contributed by atoms with van der Waals surface area (Å²) in [5.41, 5.74) is -1.20. The molecule has 3 fully saturated rings. The Morgan fingerprint density at radius 2 is 1.65 bits per heavy atom. The van der Waals surface area contributed by atoms with Gasteiger partial charge >= 0.3 is 6.18 Å². The summed E-state index contributed by atoms with van der Waals surface area (Å²) in [4.78, 5) is 29.8. The van der Waals surface area contributed by atoms with Crippen LogP contribution in [-0.4, -0.2) is 88.3 Å². The zero-order valence-electron chi connectivity index (χ0n) is 22.9. The molecule has 1 saturated carbocycles. The molecule has 0 bridgehead atoms. The van der Waals surface area contributed by atoms with Gasteiger partial charge in [0.15, 0.2) is 0 Å². The number of carbonyl (C=O) groups excluding carboxylic acids is 1. The quantitative estimate of drug-likeness (QED) is 0.470. The largest absolute Gasteiger partial charge is 0.418 e. The van der Waals surface area contributed by atoms with E-state index < -0.39 is 17.6 Å². The highest BCUT2D eigenvalue weighted by atomic mass is 19.4. The van der Waals surface area contributed by atoms with Gasteiger partial charge in [0, 0.05) is 51.4 Å². The van der Waals surface area contributed by atoms with Crippen LogP contribution in [0.1, 0.15) is 80.4 Å². The molecule has 0 spiro atoms. The lowest BCUT2D eigenvalue weighted by molar-refractivity contribution is -0.136. The zero-order chi connectivity index (χ0) is 28.1. The van der Waals surface area contributed by atoms with E-state index in [1.807, 2.05) is 4.90 Å². The number of fused-ring (bicyclic) bond motifs is 1. The number of alkyl halides is 3. The van der Waals surface area contributed by atoms with Crippen molar-refractivity contribution >= 4 is 22.8 Å². The van der Waals surface area contributed by atoms with E-state index in [2.05, 4.69) is 30.5 Å². The maximum Gasteiger partial charge on any atom is 0.418 e. The maximum atomic E-state index is 14.1. The van der Waals surface area contributed by atoms with E-state index in [-0.39, 0.29) is 34.8 Å². The Hall–Kier alpha value is -2.57. The van der Waals surface area contributed by atoms with Crippen LogP contribution in [0.3, 0.4) is 0 Å². The van der Waals surface area contributed by atoms with E-state index in [1.54, 1.807) is 0 Å². The lowest BCUT2D eigenvalue weighted by Crippen LogP contribution is -2.47. The molecule has 12 heteroatoms. The van der Waals surface area contributed by atoms with Gasteiger partial charge in [-0.1, -0.05) is 12.8 Å². The average Bonchev–Trinajstić information content (AvgIpc) is 3.23. The third-order valence-electron chi connectivity index (χ3n) is 8.45. The van der Waals surface area contributed by atoms with E-state index in [4.69, 9.17) is 0 Å². The van der Waals surface area contributed by atoms with Crippen LogP contribution in [0.4, 0.5) is 19.0 Å². The van der Waals surface area contributed by atoms with Crippen LogP contribution < -0.4 is 15.5 Å². The molecule has 2 aromatic rings. The molecule has 0 atom stereocenters. The Labute approximate surface area is 232 Å². The van der Waals surface area contributed by atoms with Crippen LogP contribution in [0.2, 0.25) is 0 Å². The molecule has 0 radical (unpaired) electrons. The van der Waals surface area contributed by atoms with Crippen LogP contribution >= 0.6 is 0 Å². The van der Waals surface area contributed by atoms with Gasteiger partial charge in [0.1, 0.15) is 16.9 Å². The van der Waals surface area contributed by atoms with Crippen LogP contribution in [0.15, 0.2) is 12.3 Å². The average molecular weight is 564 g/mol. The molecule has 1 amide bonds. The number of nitrogens with zero attached hydrogens (tertiary/aromatic N) is 5. The van der Waals surface area contributed by atoms with Gasteiger partial charge < -0.3 is 25.5 Å². The zero-order valence-corrected chi connectivity index (χ0v) is 22.9. The number of amides is 1. The van der Waals surface area contributed by atoms with Gasteiger partial charge in [-0.3, -0.25) is 4.79 Å². The molecule has 2 aromatic heterocycles. The fourth-order valence-corrected chi connectivity index (χ4v) is 6.05. The summed E-state index contributed by atoms with van der Waals surface area (Å²) in [6.45, 7) is 4.79. The molecule has 220 valence electrons. The standard InChI is InChI=1S/C28H40F3N7O2/c29-28(30,31)22-17-24(38-12-3-1-2-4-13-38)35-23-18-33-26(36-25(22)23)27(40)34-20-9-14-37(15-10-20)16-11-32-19-5-7-21(39)8-6-19/h17-21,32,39H,1-16H2,(H,34,40). The first-order valence-corrected chi connectivity index (χ1v) is 14.7. The molecular weight excluding hydrogens is 523 g/mol. The van der Waals surface area contributed by atoms with Gasteiger partial charge in [-0.2, -0.15) is 13.2 Å². The van der Waals surface area contributed by atoms with Gasteiger partial charge in [0.25, 0.3) is 5.91 Å². The Bertz CT molecular complexity index is 1140. The van der Waals surface area contributed by atoms with Crippen molar-refractivity contribution in [3.8, 4) is 0 Å². The molecular formula is C28H40F3N7O2.